The fourth-order valence-electron chi connectivity index (χ4n) is 2.90. The van der Waals surface area contributed by atoms with Gasteiger partial charge in [-0.3, -0.25) is 9.36 Å². The number of carbonyl (C=O) groups is 1. The van der Waals surface area contributed by atoms with E-state index in [2.05, 4.69) is 31.4 Å². The van der Waals surface area contributed by atoms with Gasteiger partial charge in [0.2, 0.25) is 5.91 Å². The molecule has 3 N–H and O–H groups in total. The van der Waals surface area contributed by atoms with Crippen molar-refractivity contribution in [2.45, 2.75) is 5.16 Å². The highest BCUT2D eigenvalue weighted by Gasteiger charge is 2.17. The Balaban J connectivity index is 1.58. The minimum atomic E-state index is -0.115. The summed E-state index contributed by atoms with van der Waals surface area (Å²) in [6, 6.07) is 24.8. The number of anilines is 2. The van der Waals surface area contributed by atoms with Gasteiger partial charge < -0.3 is 11.1 Å². The molecule has 0 unspecified atom stereocenters. The average molecular weight is 480 g/mol. The first-order chi connectivity index (χ1) is 14.6. The number of thioether (sulfide) groups is 1. The highest BCUT2D eigenvalue weighted by Crippen LogP contribution is 2.29. The van der Waals surface area contributed by atoms with Crippen LogP contribution >= 0.6 is 27.7 Å². The van der Waals surface area contributed by atoms with Gasteiger partial charge in [-0.15, -0.1) is 10.2 Å². The van der Waals surface area contributed by atoms with Gasteiger partial charge in [-0.05, 0) is 48.5 Å². The molecule has 0 saturated carbocycles. The SMILES string of the molecule is Nc1cccc(-c2nnc(SCC(=O)Nc3ccc(Br)cc3)n2-c2ccccc2)c1. The number of nitrogen functional groups attached to an aromatic ring is 1. The monoisotopic (exact) mass is 479 g/mol. The normalized spacial score (nSPS) is 10.7. The summed E-state index contributed by atoms with van der Waals surface area (Å²) >= 11 is 4.72. The van der Waals surface area contributed by atoms with E-state index in [0.717, 1.165) is 21.4 Å². The Bertz CT molecular complexity index is 1160. The molecule has 0 aliphatic heterocycles. The zero-order valence-electron chi connectivity index (χ0n) is 15.8. The average Bonchev–Trinajstić information content (AvgIpc) is 3.19. The van der Waals surface area contributed by atoms with E-state index >= 15 is 0 Å². The topological polar surface area (TPSA) is 85.8 Å². The number of benzene rings is 3. The van der Waals surface area contributed by atoms with Crippen molar-refractivity contribution < 1.29 is 4.79 Å². The predicted molar refractivity (Wildman–Crippen MR) is 125 cm³/mol. The molecule has 6 nitrogen and oxygen atoms in total. The number of hydrogen-bond donors (Lipinski definition) is 2. The third-order valence-corrected chi connectivity index (χ3v) is 5.71. The molecular formula is C22H18BrN5OS. The Morgan fingerprint density at radius 3 is 2.50 bits per heavy atom. The van der Waals surface area contributed by atoms with Crippen LogP contribution in [0.3, 0.4) is 0 Å². The lowest BCUT2D eigenvalue weighted by molar-refractivity contribution is -0.113. The van der Waals surface area contributed by atoms with Crippen LogP contribution in [0.1, 0.15) is 0 Å². The molecule has 0 saturated heterocycles. The maximum atomic E-state index is 12.4. The lowest BCUT2D eigenvalue weighted by atomic mass is 10.2. The van der Waals surface area contributed by atoms with Crippen LogP contribution in [0.2, 0.25) is 0 Å². The minimum absolute atomic E-state index is 0.115. The van der Waals surface area contributed by atoms with Crippen molar-refractivity contribution >= 4 is 45.0 Å². The van der Waals surface area contributed by atoms with Gasteiger partial charge in [0.05, 0.1) is 5.75 Å². The molecule has 0 radical (unpaired) electrons. The van der Waals surface area contributed by atoms with E-state index < -0.39 is 0 Å². The van der Waals surface area contributed by atoms with Gasteiger partial charge in [0.25, 0.3) is 0 Å². The predicted octanol–water partition coefficient (Wildman–Crippen LogP) is 5.01. The van der Waals surface area contributed by atoms with E-state index in [9.17, 15) is 4.79 Å². The third-order valence-electron chi connectivity index (χ3n) is 4.25. The molecular weight excluding hydrogens is 462 g/mol. The van der Waals surface area contributed by atoms with Crippen molar-refractivity contribution in [1.82, 2.24) is 14.8 Å². The maximum absolute atomic E-state index is 12.4. The van der Waals surface area contributed by atoms with Crippen LogP contribution in [-0.4, -0.2) is 26.4 Å². The summed E-state index contributed by atoms with van der Waals surface area (Å²) in [5.41, 5.74) is 9.12. The van der Waals surface area contributed by atoms with Crippen molar-refractivity contribution in [3.8, 4) is 17.1 Å². The standard InChI is InChI=1S/C22H18BrN5OS/c23-16-9-11-18(12-10-16)25-20(29)14-30-22-27-26-21(15-5-4-6-17(24)13-15)28(22)19-7-2-1-3-8-19/h1-13H,14,24H2,(H,25,29). The number of rotatable bonds is 6. The highest BCUT2D eigenvalue weighted by molar-refractivity contribution is 9.10. The second kappa shape index (κ2) is 9.15. The Morgan fingerprint density at radius 2 is 1.77 bits per heavy atom. The molecule has 30 heavy (non-hydrogen) atoms. The van der Waals surface area contributed by atoms with E-state index in [1.54, 1.807) is 0 Å². The lowest BCUT2D eigenvalue weighted by Gasteiger charge is -2.11. The summed E-state index contributed by atoms with van der Waals surface area (Å²) in [6.45, 7) is 0. The molecule has 0 fully saturated rings. The molecule has 4 rings (SSSR count). The number of halogens is 1. The summed E-state index contributed by atoms with van der Waals surface area (Å²) in [4.78, 5) is 12.4. The largest absolute Gasteiger partial charge is 0.399 e. The lowest BCUT2D eigenvalue weighted by Crippen LogP contribution is -2.14. The van der Waals surface area contributed by atoms with Crippen LogP contribution in [0.5, 0.6) is 0 Å². The molecule has 1 heterocycles. The van der Waals surface area contributed by atoms with E-state index in [-0.39, 0.29) is 11.7 Å². The van der Waals surface area contributed by atoms with Crippen LogP contribution in [0, 0.1) is 0 Å². The Kier molecular flexibility index (Phi) is 6.15. The zero-order valence-corrected chi connectivity index (χ0v) is 18.2. The maximum Gasteiger partial charge on any atom is 0.234 e. The number of nitrogens with two attached hydrogens (primary N) is 1. The van der Waals surface area contributed by atoms with E-state index in [1.165, 1.54) is 11.8 Å². The van der Waals surface area contributed by atoms with E-state index in [1.807, 2.05) is 83.4 Å². The first-order valence-corrected chi connectivity index (χ1v) is 10.9. The van der Waals surface area contributed by atoms with Crippen LogP contribution in [0.4, 0.5) is 11.4 Å². The van der Waals surface area contributed by atoms with Crippen LogP contribution in [-0.2, 0) is 4.79 Å². The molecule has 1 aromatic heterocycles. The molecule has 0 spiro atoms. The van der Waals surface area contributed by atoms with Gasteiger partial charge in [-0.2, -0.15) is 0 Å². The first kappa shape index (κ1) is 20.2. The summed E-state index contributed by atoms with van der Waals surface area (Å²) < 4.78 is 2.90. The summed E-state index contributed by atoms with van der Waals surface area (Å²) in [7, 11) is 0. The number of para-hydroxylation sites is 1. The van der Waals surface area contributed by atoms with Crippen LogP contribution in [0.15, 0.2) is 88.5 Å². The number of hydrogen-bond acceptors (Lipinski definition) is 5. The first-order valence-electron chi connectivity index (χ1n) is 9.15. The van der Waals surface area contributed by atoms with Gasteiger partial charge in [0.1, 0.15) is 0 Å². The van der Waals surface area contributed by atoms with Crippen molar-refractivity contribution in [3.63, 3.8) is 0 Å². The quantitative estimate of drug-likeness (QED) is 0.299. The highest BCUT2D eigenvalue weighted by atomic mass is 79.9. The van der Waals surface area contributed by atoms with Crippen LogP contribution in [0.25, 0.3) is 17.1 Å². The Hall–Kier alpha value is -3.10. The number of amides is 1. The Labute approximate surface area is 186 Å². The zero-order chi connectivity index (χ0) is 20.9. The molecule has 1 amide bonds. The van der Waals surface area contributed by atoms with E-state index in [4.69, 9.17) is 5.73 Å². The molecule has 3 aromatic carbocycles. The molecule has 0 bridgehead atoms. The molecule has 0 aliphatic rings. The molecule has 150 valence electrons. The number of carbonyl (C=O) groups excluding carboxylic acids is 1. The molecule has 0 aliphatic carbocycles. The second-order valence-electron chi connectivity index (χ2n) is 6.45. The fraction of sp³-hybridized carbons (Fsp3) is 0.0455. The van der Waals surface area contributed by atoms with Gasteiger partial charge in [0, 0.05) is 27.1 Å². The van der Waals surface area contributed by atoms with Crippen molar-refractivity contribution in [2.24, 2.45) is 0 Å². The molecule has 4 aromatic rings. The number of aromatic nitrogens is 3. The van der Waals surface area contributed by atoms with Gasteiger partial charge >= 0.3 is 0 Å². The molecule has 0 atom stereocenters. The number of nitrogens with one attached hydrogen (secondary N) is 1. The van der Waals surface area contributed by atoms with Crippen molar-refractivity contribution in [3.05, 3.63) is 83.3 Å². The Morgan fingerprint density at radius 1 is 1.00 bits per heavy atom. The summed E-state index contributed by atoms with van der Waals surface area (Å²) in [5, 5.41) is 12.2. The van der Waals surface area contributed by atoms with E-state index in [0.29, 0.717) is 16.7 Å². The third kappa shape index (κ3) is 4.72. The number of nitrogens with zero attached hydrogens (tertiary/aromatic N) is 3. The van der Waals surface area contributed by atoms with Gasteiger partial charge in [-0.25, -0.2) is 0 Å². The van der Waals surface area contributed by atoms with Crippen molar-refractivity contribution in [1.29, 1.82) is 0 Å². The minimum Gasteiger partial charge on any atom is -0.399 e. The summed E-state index contributed by atoms with van der Waals surface area (Å²) in [5.74, 6) is 0.762. The smallest absolute Gasteiger partial charge is 0.234 e. The van der Waals surface area contributed by atoms with Crippen LogP contribution < -0.4 is 11.1 Å². The van der Waals surface area contributed by atoms with Crippen molar-refractivity contribution in [2.75, 3.05) is 16.8 Å². The summed E-state index contributed by atoms with van der Waals surface area (Å²) in [6.07, 6.45) is 0. The van der Waals surface area contributed by atoms with Gasteiger partial charge in [-0.1, -0.05) is 58.0 Å². The van der Waals surface area contributed by atoms with Gasteiger partial charge in [0.15, 0.2) is 11.0 Å². The fourth-order valence-corrected chi connectivity index (χ4v) is 3.91. The second-order valence-corrected chi connectivity index (χ2v) is 8.30. The molecule has 8 heteroatoms.